The fourth-order valence-corrected chi connectivity index (χ4v) is 2.32. The molecule has 0 aromatic carbocycles. The number of nitrogens with one attached hydrogen (secondary N) is 1. The highest BCUT2D eigenvalue weighted by atomic mass is 16.5. The van der Waals surface area contributed by atoms with E-state index in [2.05, 4.69) is 29.1 Å². The maximum atomic E-state index is 5.90. The van der Waals surface area contributed by atoms with E-state index in [-0.39, 0.29) is 18.3 Å². The van der Waals surface area contributed by atoms with Crippen molar-refractivity contribution in [3.63, 3.8) is 0 Å². The predicted molar refractivity (Wildman–Crippen MR) is 68.5 cm³/mol. The van der Waals surface area contributed by atoms with Crippen molar-refractivity contribution in [2.45, 2.75) is 51.5 Å². The molecular weight excluding hydrogens is 230 g/mol. The largest absolute Gasteiger partial charge is 0.473 e. The van der Waals surface area contributed by atoms with E-state index < -0.39 is 0 Å². The van der Waals surface area contributed by atoms with Gasteiger partial charge >= 0.3 is 0 Å². The average Bonchev–Trinajstić information content (AvgIpc) is 2.28. The zero-order valence-electron chi connectivity index (χ0n) is 11.2. The summed E-state index contributed by atoms with van der Waals surface area (Å²) >= 11 is 0. The van der Waals surface area contributed by atoms with Crippen molar-refractivity contribution in [1.29, 1.82) is 0 Å². The van der Waals surface area contributed by atoms with E-state index in [9.17, 15) is 0 Å². The smallest absolute Gasteiger partial charge is 0.232 e. The quantitative estimate of drug-likeness (QED) is 0.879. The summed E-state index contributed by atoms with van der Waals surface area (Å²) in [5.74, 6) is 0.606. The standard InChI is InChI=1S/C13H21N3O2/c1-9-4-12(5-10(2)17-9)18-13-8-15-7-11(16-13)6-14-3/h7-10,12,14H,4-6H2,1-3H3. The molecule has 1 aliphatic rings. The Bertz CT molecular complexity index is 376. The van der Waals surface area contributed by atoms with Gasteiger partial charge in [0.05, 0.1) is 24.1 Å². The van der Waals surface area contributed by atoms with E-state index in [0.717, 1.165) is 18.5 Å². The van der Waals surface area contributed by atoms with Gasteiger partial charge in [-0.1, -0.05) is 0 Å². The molecule has 2 atom stereocenters. The van der Waals surface area contributed by atoms with Crippen LogP contribution in [-0.4, -0.2) is 35.3 Å². The average molecular weight is 251 g/mol. The van der Waals surface area contributed by atoms with Crippen LogP contribution in [0.3, 0.4) is 0 Å². The third-order valence-electron chi connectivity index (χ3n) is 2.96. The van der Waals surface area contributed by atoms with Crippen LogP contribution in [0.15, 0.2) is 12.4 Å². The molecule has 0 amide bonds. The lowest BCUT2D eigenvalue weighted by atomic mass is 10.0. The van der Waals surface area contributed by atoms with Gasteiger partial charge in [-0.2, -0.15) is 0 Å². The molecular formula is C13H21N3O2. The Labute approximate surface area is 108 Å². The minimum Gasteiger partial charge on any atom is -0.473 e. The molecule has 2 unspecified atom stereocenters. The molecule has 0 bridgehead atoms. The van der Waals surface area contributed by atoms with Gasteiger partial charge in [0.1, 0.15) is 6.10 Å². The third kappa shape index (κ3) is 3.65. The highest BCUT2D eigenvalue weighted by Crippen LogP contribution is 2.22. The Morgan fingerprint density at radius 1 is 1.33 bits per heavy atom. The number of aromatic nitrogens is 2. The van der Waals surface area contributed by atoms with Gasteiger partial charge < -0.3 is 14.8 Å². The van der Waals surface area contributed by atoms with Crippen LogP contribution in [0.25, 0.3) is 0 Å². The summed E-state index contributed by atoms with van der Waals surface area (Å²) in [4.78, 5) is 8.57. The van der Waals surface area contributed by atoms with Crippen molar-refractivity contribution in [3.05, 3.63) is 18.1 Å². The summed E-state index contributed by atoms with van der Waals surface area (Å²) < 4.78 is 11.6. The van der Waals surface area contributed by atoms with Gasteiger partial charge in [-0.15, -0.1) is 0 Å². The van der Waals surface area contributed by atoms with Crippen LogP contribution >= 0.6 is 0 Å². The van der Waals surface area contributed by atoms with E-state index in [1.807, 2.05) is 7.05 Å². The first-order valence-corrected chi connectivity index (χ1v) is 6.45. The molecule has 5 heteroatoms. The minimum absolute atomic E-state index is 0.169. The normalized spacial score (nSPS) is 28.1. The van der Waals surface area contributed by atoms with Gasteiger partial charge in [0.15, 0.2) is 0 Å². The lowest BCUT2D eigenvalue weighted by Gasteiger charge is -2.31. The molecule has 18 heavy (non-hydrogen) atoms. The second-order valence-electron chi connectivity index (χ2n) is 4.85. The molecule has 0 spiro atoms. The van der Waals surface area contributed by atoms with Crippen molar-refractivity contribution in [2.24, 2.45) is 0 Å². The monoisotopic (exact) mass is 251 g/mol. The summed E-state index contributed by atoms with van der Waals surface area (Å²) in [6.07, 6.45) is 5.88. The van der Waals surface area contributed by atoms with Gasteiger partial charge in [0.2, 0.25) is 5.88 Å². The number of rotatable bonds is 4. The van der Waals surface area contributed by atoms with E-state index in [0.29, 0.717) is 12.4 Å². The van der Waals surface area contributed by atoms with Gasteiger partial charge in [-0.05, 0) is 20.9 Å². The molecule has 5 nitrogen and oxygen atoms in total. The SMILES string of the molecule is CNCc1cncc(OC2CC(C)OC(C)C2)n1. The van der Waals surface area contributed by atoms with Crippen LogP contribution in [0.5, 0.6) is 5.88 Å². The lowest BCUT2D eigenvalue weighted by molar-refractivity contribution is -0.0730. The van der Waals surface area contributed by atoms with Gasteiger partial charge in [-0.3, -0.25) is 4.98 Å². The topological polar surface area (TPSA) is 56.3 Å². The van der Waals surface area contributed by atoms with Gasteiger partial charge in [-0.25, -0.2) is 4.98 Å². The molecule has 2 heterocycles. The van der Waals surface area contributed by atoms with Crippen LogP contribution in [-0.2, 0) is 11.3 Å². The highest BCUT2D eigenvalue weighted by Gasteiger charge is 2.26. The molecule has 1 saturated heterocycles. The van der Waals surface area contributed by atoms with Crippen molar-refractivity contribution < 1.29 is 9.47 Å². The van der Waals surface area contributed by atoms with Crippen molar-refractivity contribution in [3.8, 4) is 5.88 Å². The van der Waals surface area contributed by atoms with Crippen LogP contribution < -0.4 is 10.1 Å². The molecule has 100 valence electrons. The summed E-state index contributed by atoms with van der Waals surface area (Å²) in [5.41, 5.74) is 0.892. The molecule has 1 aliphatic heterocycles. The van der Waals surface area contributed by atoms with Crippen molar-refractivity contribution in [2.75, 3.05) is 7.05 Å². The number of nitrogens with zero attached hydrogens (tertiary/aromatic N) is 2. The minimum atomic E-state index is 0.169. The molecule has 1 aromatic heterocycles. The molecule has 0 aliphatic carbocycles. The Balaban J connectivity index is 1.97. The summed E-state index contributed by atoms with van der Waals surface area (Å²) in [7, 11) is 1.89. The molecule has 0 radical (unpaired) electrons. The van der Waals surface area contributed by atoms with Crippen LogP contribution in [0.1, 0.15) is 32.4 Å². The first-order valence-electron chi connectivity index (χ1n) is 6.45. The maximum absolute atomic E-state index is 5.90. The van der Waals surface area contributed by atoms with Gasteiger partial charge in [0.25, 0.3) is 0 Å². The second-order valence-corrected chi connectivity index (χ2v) is 4.85. The van der Waals surface area contributed by atoms with E-state index in [1.54, 1.807) is 12.4 Å². The van der Waals surface area contributed by atoms with E-state index in [1.165, 1.54) is 0 Å². The first kappa shape index (κ1) is 13.2. The molecule has 1 aromatic rings. The molecule has 1 fully saturated rings. The van der Waals surface area contributed by atoms with Crippen LogP contribution in [0.4, 0.5) is 0 Å². The summed E-state index contributed by atoms with van der Waals surface area (Å²) in [6, 6.07) is 0. The Morgan fingerprint density at radius 2 is 2.06 bits per heavy atom. The second kappa shape index (κ2) is 6.11. The van der Waals surface area contributed by atoms with Crippen molar-refractivity contribution in [1.82, 2.24) is 15.3 Å². The zero-order valence-corrected chi connectivity index (χ0v) is 11.2. The molecule has 2 rings (SSSR count). The Hall–Kier alpha value is -1.20. The van der Waals surface area contributed by atoms with E-state index in [4.69, 9.17) is 9.47 Å². The fraction of sp³-hybridized carbons (Fsp3) is 0.692. The zero-order chi connectivity index (χ0) is 13.0. The fourth-order valence-electron chi connectivity index (χ4n) is 2.32. The molecule has 1 N–H and O–H groups in total. The Morgan fingerprint density at radius 3 is 2.72 bits per heavy atom. The molecule has 0 saturated carbocycles. The van der Waals surface area contributed by atoms with Crippen molar-refractivity contribution >= 4 is 0 Å². The van der Waals surface area contributed by atoms with Crippen LogP contribution in [0.2, 0.25) is 0 Å². The number of hydrogen-bond acceptors (Lipinski definition) is 5. The first-order chi connectivity index (χ1) is 8.67. The predicted octanol–water partition coefficient (Wildman–Crippen LogP) is 1.53. The third-order valence-corrected chi connectivity index (χ3v) is 2.96. The number of ether oxygens (including phenoxy) is 2. The summed E-state index contributed by atoms with van der Waals surface area (Å²) in [5, 5.41) is 3.05. The maximum Gasteiger partial charge on any atom is 0.232 e. The Kier molecular flexibility index (Phi) is 4.49. The number of hydrogen-bond donors (Lipinski definition) is 1. The van der Waals surface area contributed by atoms with Crippen LogP contribution in [0, 0.1) is 0 Å². The summed E-state index contributed by atoms with van der Waals surface area (Å²) in [6.45, 7) is 4.86. The lowest BCUT2D eigenvalue weighted by Crippen LogP contribution is -2.35. The van der Waals surface area contributed by atoms with E-state index >= 15 is 0 Å². The highest BCUT2D eigenvalue weighted by molar-refractivity contribution is 5.08. The van der Waals surface area contributed by atoms with Gasteiger partial charge in [0, 0.05) is 25.6 Å².